The van der Waals surface area contributed by atoms with E-state index < -0.39 is 0 Å². The molecule has 0 aliphatic rings. The molecule has 1 aromatic rings. The van der Waals surface area contributed by atoms with Gasteiger partial charge in [-0.3, -0.25) is 0 Å². The van der Waals surface area contributed by atoms with E-state index in [0.29, 0.717) is 0 Å². The predicted octanol–water partition coefficient (Wildman–Crippen LogP) is 2.42. The number of aromatic nitrogens is 1. The second kappa shape index (κ2) is 2.93. The highest BCUT2D eigenvalue weighted by Gasteiger charge is 2.03. The van der Waals surface area contributed by atoms with E-state index >= 15 is 0 Å². The molecule has 0 bridgehead atoms. The van der Waals surface area contributed by atoms with E-state index in [1.165, 1.54) is 11.4 Å². The minimum atomic E-state index is -0.0185. The summed E-state index contributed by atoms with van der Waals surface area (Å²) in [7, 11) is 0. The third-order valence-electron chi connectivity index (χ3n) is 1.56. The van der Waals surface area contributed by atoms with Crippen LogP contribution in [-0.2, 0) is 0 Å². The van der Waals surface area contributed by atoms with Gasteiger partial charge in [0, 0.05) is 11.4 Å². The first-order chi connectivity index (χ1) is 4.63. The van der Waals surface area contributed by atoms with E-state index in [4.69, 9.17) is 0 Å². The van der Waals surface area contributed by atoms with E-state index in [0.717, 1.165) is 0 Å². The summed E-state index contributed by atoms with van der Waals surface area (Å²) >= 11 is 8.44. The minimum absolute atomic E-state index is 0.0185. The van der Waals surface area contributed by atoms with E-state index in [1.54, 1.807) is 0 Å². The third-order valence-corrected chi connectivity index (χ3v) is 2.02. The molecular formula is C7H11NS2. The zero-order valence-electron chi connectivity index (χ0n) is 6.07. The molecule has 0 saturated carbocycles. The quantitative estimate of drug-likeness (QED) is 0.475. The van der Waals surface area contributed by atoms with Gasteiger partial charge < -0.3 is 4.57 Å². The van der Waals surface area contributed by atoms with Crippen LogP contribution in [0.3, 0.4) is 0 Å². The summed E-state index contributed by atoms with van der Waals surface area (Å²) in [4.78, 5) is 0. The minimum Gasteiger partial charge on any atom is -0.328 e. The molecule has 3 heteroatoms. The Morgan fingerprint density at radius 3 is 1.80 bits per heavy atom. The van der Waals surface area contributed by atoms with Crippen LogP contribution in [0.1, 0.15) is 16.1 Å². The van der Waals surface area contributed by atoms with Gasteiger partial charge in [-0.05, 0) is 26.0 Å². The van der Waals surface area contributed by atoms with Crippen LogP contribution < -0.4 is 0 Å². The second-order valence-corrected chi connectivity index (χ2v) is 3.72. The van der Waals surface area contributed by atoms with Gasteiger partial charge >= 0.3 is 0 Å². The van der Waals surface area contributed by atoms with Gasteiger partial charge in [-0.2, -0.15) is 0 Å². The van der Waals surface area contributed by atoms with Crippen molar-refractivity contribution in [3.8, 4) is 0 Å². The van der Waals surface area contributed by atoms with Gasteiger partial charge in [-0.15, -0.1) is 25.3 Å². The summed E-state index contributed by atoms with van der Waals surface area (Å²) in [6.45, 7) is 4.10. The third kappa shape index (κ3) is 1.35. The number of hydrogen-bond donors (Lipinski definition) is 2. The van der Waals surface area contributed by atoms with Gasteiger partial charge in [0.05, 0.1) is 0 Å². The molecule has 1 heterocycles. The highest BCUT2D eigenvalue weighted by Crippen LogP contribution is 2.21. The number of nitrogens with zero attached hydrogens (tertiary/aromatic N) is 1. The molecule has 10 heavy (non-hydrogen) atoms. The molecule has 1 nitrogen and oxygen atoms in total. The molecule has 0 aromatic carbocycles. The van der Waals surface area contributed by atoms with Crippen LogP contribution in [0.5, 0.6) is 0 Å². The van der Waals surface area contributed by atoms with Crippen molar-refractivity contribution in [1.82, 2.24) is 4.57 Å². The lowest BCUT2D eigenvalue weighted by Crippen LogP contribution is -1.99. The standard InChI is InChI=1S/C7H11NS2/c1-5-3-4-6(2)8(5)7(9)10/h3-4,7,9-10H,1-2H3. The van der Waals surface area contributed by atoms with Gasteiger partial charge in [0.2, 0.25) is 0 Å². The molecule has 0 radical (unpaired) electrons. The zero-order valence-corrected chi connectivity index (χ0v) is 7.86. The molecule has 0 aliphatic carbocycles. The number of aryl methyl sites for hydroxylation is 2. The number of rotatable bonds is 1. The van der Waals surface area contributed by atoms with Crippen LogP contribution in [0.15, 0.2) is 12.1 Å². The highest BCUT2D eigenvalue weighted by molar-refractivity contribution is 7.98. The fraction of sp³-hybridized carbons (Fsp3) is 0.429. The summed E-state index contributed by atoms with van der Waals surface area (Å²) in [6, 6.07) is 4.13. The van der Waals surface area contributed by atoms with Crippen molar-refractivity contribution < 1.29 is 0 Å². The van der Waals surface area contributed by atoms with Crippen LogP contribution in [0.25, 0.3) is 0 Å². The van der Waals surface area contributed by atoms with Crippen LogP contribution >= 0.6 is 25.3 Å². The largest absolute Gasteiger partial charge is 0.328 e. The van der Waals surface area contributed by atoms with Crippen LogP contribution in [0, 0.1) is 13.8 Å². The van der Waals surface area contributed by atoms with Crippen molar-refractivity contribution in [2.24, 2.45) is 0 Å². The maximum absolute atomic E-state index is 4.22. The van der Waals surface area contributed by atoms with Crippen molar-refractivity contribution in [1.29, 1.82) is 0 Å². The maximum atomic E-state index is 4.22. The molecule has 0 amide bonds. The van der Waals surface area contributed by atoms with Crippen molar-refractivity contribution in [3.63, 3.8) is 0 Å². The smallest absolute Gasteiger partial charge is 0.120 e. The average Bonchev–Trinajstić information content (AvgIpc) is 2.11. The van der Waals surface area contributed by atoms with Crippen LogP contribution in [0.2, 0.25) is 0 Å². The first kappa shape index (κ1) is 8.08. The lowest BCUT2D eigenvalue weighted by Gasteiger charge is -2.10. The normalized spacial score (nSPS) is 10.9. The van der Waals surface area contributed by atoms with Gasteiger partial charge in [0.1, 0.15) is 4.71 Å². The van der Waals surface area contributed by atoms with E-state index in [1.807, 2.05) is 13.8 Å². The monoisotopic (exact) mass is 173 g/mol. The van der Waals surface area contributed by atoms with Crippen molar-refractivity contribution in [3.05, 3.63) is 23.5 Å². The topological polar surface area (TPSA) is 4.93 Å². The lowest BCUT2D eigenvalue weighted by molar-refractivity contribution is 0.817. The van der Waals surface area contributed by atoms with Crippen molar-refractivity contribution >= 4 is 25.3 Å². The molecule has 56 valence electrons. The van der Waals surface area contributed by atoms with E-state index in [9.17, 15) is 0 Å². The summed E-state index contributed by atoms with van der Waals surface area (Å²) < 4.78 is 2.04. The SMILES string of the molecule is Cc1ccc(C)n1C(S)S. The molecule has 0 fully saturated rings. The molecule has 0 spiro atoms. The van der Waals surface area contributed by atoms with Gasteiger partial charge in [-0.25, -0.2) is 0 Å². The van der Waals surface area contributed by atoms with Gasteiger partial charge in [0.25, 0.3) is 0 Å². The van der Waals surface area contributed by atoms with Gasteiger partial charge in [0.15, 0.2) is 0 Å². The Hall–Kier alpha value is -0.0200. The molecule has 0 atom stereocenters. The Balaban J connectivity index is 3.10. The Morgan fingerprint density at radius 2 is 1.60 bits per heavy atom. The molecule has 1 rings (SSSR count). The highest BCUT2D eigenvalue weighted by atomic mass is 32.2. The van der Waals surface area contributed by atoms with Gasteiger partial charge in [-0.1, -0.05) is 0 Å². The fourth-order valence-electron chi connectivity index (χ4n) is 1.04. The molecular weight excluding hydrogens is 162 g/mol. The summed E-state index contributed by atoms with van der Waals surface area (Å²) in [5.41, 5.74) is 2.40. The lowest BCUT2D eigenvalue weighted by atomic mass is 10.5. The average molecular weight is 173 g/mol. The number of hydrogen-bond acceptors (Lipinski definition) is 2. The predicted molar refractivity (Wildman–Crippen MR) is 50.9 cm³/mol. The van der Waals surface area contributed by atoms with E-state index in [-0.39, 0.29) is 4.71 Å². The zero-order chi connectivity index (χ0) is 7.72. The van der Waals surface area contributed by atoms with Crippen LogP contribution in [-0.4, -0.2) is 4.57 Å². The Bertz CT molecular complexity index is 208. The van der Waals surface area contributed by atoms with Crippen LogP contribution in [0.4, 0.5) is 0 Å². The Morgan fingerprint density at radius 1 is 1.20 bits per heavy atom. The Kier molecular flexibility index (Phi) is 2.36. The van der Waals surface area contributed by atoms with Crippen molar-refractivity contribution in [2.45, 2.75) is 18.6 Å². The van der Waals surface area contributed by atoms with Crippen molar-refractivity contribution in [2.75, 3.05) is 0 Å². The molecule has 0 saturated heterocycles. The fourth-order valence-corrected chi connectivity index (χ4v) is 1.77. The summed E-state index contributed by atoms with van der Waals surface area (Å²) in [5, 5.41) is 0. The Labute approximate surface area is 72.3 Å². The second-order valence-electron chi connectivity index (χ2n) is 2.33. The number of thiol groups is 2. The first-order valence-electron chi connectivity index (χ1n) is 3.13. The maximum Gasteiger partial charge on any atom is 0.120 e. The first-order valence-corrected chi connectivity index (χ1v) is 4.17. The molecule has 0 unspecified atom stereocenters. The molecule has 1 aromatic heterocycles. The summed E-state index contributed by atoms with van der Waals surface area (Å²) in [6.07, 6.45) is 0. The summed E-state index contributed by atoms with van der Waals surface area (Å²) in [5.74, 6) is 0. The molecule has 0 aliphatic heterocycles. The molecule has 0 N–H and O–H groups in total. The van der Waals surface area contributed by atoms with E-state index in [2.05, 4.69) is 42.0 Å².